The number of hydrogen-bond donors (Lipinski definition) is 0. The van der Waals surface area contributed by atoms with E-state index in [9.17, 15) is 4.79 Å². The lowest BCUT2D eigenvalue weighted by Crippen LogP contribution is -1.95. The number of hydrogen-bond acceptors (Lipinski definition) is 2. The normalized spacial score (nSPS) is 10.4. The zero-order chi connectivity index (χ0) is 14.2. The van der Waals surface area contributed by atoms with E-state index in [1.54, 1.807) is 0 Å². The van der Waals surface area contributed by atoms with E-state index in [0.717, 1.165) is 48.0 Å². The quantitative estimate of drug-likeness (QED) is 0.546. The third-order valence-electron chi connectivity index (χ3n) is 3.26. The van der Waals surface area contributed by atoms with Gasteiger partial charge in [-0.3, -0.25) is 4.79 Å². The topological polar surface area (TPSA) is 26.3 Å². The molecule has 0 saturated carbocycles. The highest BCUT2D eigenvalue weighted by Crippen LogP contribution is 2.23. The molecule has 20 heavy (non-hydrogen) atoms. The predicted molar refractivity (Wildman–Crippen MR) is 81.8 cm³/mol. The molecular formula is C18H20O2. The Hall–Kier alpha value is -1.93. The van der Waals surface area contributed by atoms with Crippen LogP contribution in [0.25, 0.3) is 11.1 Å². The van der Waals surface area contributed by atoms with Gasteiger partial charge in [0.05, 0.1) is 6.61 Å². The molecule has 2 aromatic rings. The second-order valence-electron chi connectivity index (χ2n) is 4.81. The third-order valence-corrected chi connectivity index (χ3v) is 3.26. The molecule has 0 aliphatic heterocycles. The van der Waals surface area contributed by atoms with Crippen LogP contribution in [0.15, 0.2) is 48.5 Å². The molecule has 0 fully saturated rings. The minimum Gasteiger partial charge on any atom is -0.377 e. The van der Waals surface area contributed by atoms with E-state index in [2.05, 4.69) is 19.1 Å². The zero-order valence-electron chi connectivity index (χ0n) is 11.8. The van der Waals surface area contributed by atoms with Crippen LogP contribution in [0.5, 0.6) is 0 Å². The maximum Gasteiger partial charge on any atom is 0.150 e. The van der Waals surface area contributed by atoms with Crippen LogP contribution in [-0.4, -0.2) is 12.9 Å². The molecule has 0 N–H and O–H groups in total. The highest BCUT2D eigenvalue weighted by atomic mass is 16.5. The Kier molecular flexibility index (Phi) is 5.51. The van der Waals surface area contributed by atoms with Crippen LogP contribution >= 0.6 is 0 Å². The summed E-state index contributed by atoms with van der Waals surface area (Å²) >= 11 is 0. The standard InChI is InChI=1S/C18H20O2/c1-2-3-12-20-14-15-8-10-16(11-9-15)18-7-5-4-6-17(18)13-19/h4-11,13H,2-3,12,14H2,1H3. The second kappa shape index (κ2) is 7.61. The summed E-state index contributed by atoms with van der Waals surface area (Å²) in [6, 6.07) is 15.8. The Labute approximate surface area is 120 Å². The molecule has 0 saturated heterocycles. The molecule has 2 rings (SSSR count). The first-order valence-electron chi connectivity index (χ1n) is 7.06. The van der Waals surface area contributed by atoms with Gasteiger partial charge < -0.3 is 4.74 Å². The molecule has 0 atom stereocenters. The average molecular weight is 268 g/mol. The van der Waals surface area contributed by atoms with Crippen LogP contribution in [0.1, 0.15) is 35.7 Å². The van der Waals surface area contributed by atoms with Gasteiger partial charge in [-0.15, -0.1) is 0 Å². The molecule has 0 amide bonds. The number of unbranched alkanes of at least 4 members (excludes halogenated alkanes) is 1. The molecule has 2 nitrogen and oxygen atoms in total. The number of benzene rings is 2. The van der Waals surface area contributed by atoms with Crippen molar-refractivity contribution in [3.8, 4) is 11.1 Å². The maximum absolute atomic E-state index is 11.1. The summed E-state index contributed by atoms with van der Waals surface area (Å²) in [5, 5.41) is 0. The van der Waals surface area contributed by atoms with Gasteiger partial charge in [-0.1, -0.05) is 61.9 Å². The Morgan fingerprint density at radius 3 is 2.50 bits per heavy atom. The van der Waals surface area contributed by atoms with Crippen LogP contribution < -0.4 is 0 Å². The molecular weight excluding hydrogens is 248 g/mol. The van der Waals surface area contributed by atoms with E-state index in [-0.39, 0.29) is 0 Å². The van der Waals surface area contributed by atoms with Gasteiger partial charge in [-0.25, -0.2) is 0 Å². The van der Waals surface area contributed by atoms with Crippen molar-refractivity contribution in [2.45, 2.75) is 26.4 Å². The van der Waals surface area contributed by atoms with Crippen LogP contribution in [0.3, 0.4) is 0 Å². The molecule has 0 spiro atoms. The first-order valence-corrected chi connectivity index (χ1v) is 7.06. The van der Waals surface area contributed by atoms with Crippen LogP contribution in [0, 0.1) is 0 Å². The fourth-order valence-corrected chi connectivity index (χ4v) is 2.08. The number of carbonyl (C=O) groups excluding carboxylic acids is 1. The van der Waals surface area contributed by atoms with Crippen molar-refractivity contribution >= 4 is 6.29 Å². The van der Waals surface area contributed by atoms with Gasteiger partial charge in [0.2, 0.25) is 0 Å². The van der Waals surface area contributed by atoms with Gasteiger partial charge in [0.25, 0.3) is 0 Å². The summed E-state index contributed by atoms with van der Waals surface area (Å²) in [6.45, 7) is 3.62. The molecule has 0 aliphatic rings. The van der Waals surface area contributed by atoms with Crippen molar-refractivity contribution in [3.05, 3.63) is 59.7 Å². The highest BCUT2D eigenvalue weighted by Gasteiger charge is 2.03. The Morgan fingerprint density at radius 1 is 1.05 bits per heavy atom. The first-order chi connectivity index (χ1) is 9.85. The first kappa shape index (κ1) is 14.5. The summed E-state index contributed by atoms with van der Waals surface area (Å²) in [6.07, 6.45) is 3.16. The zero-order valence-corrected chi connectivity index (χ0v) is 11.8. The Bertz CT molecular complexity index is 544. The van der Waals surface area contributed by atoms with E-state index < -0.39 is 0 Å². The van der Waals surface area contributed by atoms with Crippen LogP contribution in [0.4, 0.5) is 0 Å². The number of carbonyl (C=O) groups is 1. The Balaban J connectivity index is 2.06. The van der Waals surface area contributed by atoms with Gasteiger partial charge >= 0.3 is 0 Å². The van der Waals surface area contributed by atoms with Crippen molar-refractivity contribution in [2.24, 2.45) is 0 Å². The fraction of sp³-hybridized carbons (Fsp3) is 0.278. The van der Waals surface area contributed by atoms with Crippen LogP contribution in [0.2, 0.25) is 0 Å². The van der Waals surface area contributed by atoms with E-state index in [1.807, 2.05) is 36.4 Å². The van der Waals surface area contributed by atoms with Crippen LogP contribution in [-0.2, 0) is 11.3 Å². The van der Waals surface area contributed by atoms with Gasteiger partial charge in [-0.05, 0) is 23.1 Å². The molecule has 0 heterocycles. The summed E-state index contributed by atoms with van der Waals surface area (Å²) in [5.74, 6) is 0. The Morgan fingerprint density at radius 2 is 1.80 bits per heavy atom. The van der Waals surface area contributed by atoms with Crippen molar-refractivity contribution in [1.29, 1.82) is 0 Å². The van der Waals surface area contributed by atoms with Gasteiger partial charge in [0.15, 0.2) is 6.29 Å². The van der Waals surface area contributed by atoms with Gasteiger partial charge in [0, 0.05) is 12.2 Å². The summed E-state index contributed by atoms with van der Waals surface area (Å²) < 4.78 is 5.59. The SMILES string of the molecule is CCCCOCc1ccc(-c2ccccc2C=O)cc1. The van der Waals surface area contributed by atoms with Gasteiger partial charge in [-0.2, -0.15) is 0 Å². The van der Waals surface area contributed by atoms with E-state index in [0.29, 0.717) is 6.61 Å². The number of rotatable bonds is 7. The second-order valence-corrected chi connectivity index (χ2v) is 4.81. The molecule has 0 unspecified atom stereocenters. The fourth-order valence-electron chi connectivity index (χ4n) is 2.08. The molecule has 0 aliphatic carbocycles. The lowest BCUT2D eigenvalue weighted by molar-refractivity contribution is 0.112. The summed E-state index contributed by atoms with van der Waals surface area (Å²) in [4.78, 5) is 11.1. The summed E-state index contributed by atoms with van der Waals surface area (Å²) in [5.41, 5.74) is 3.92. The van der Waals surface area contributed by atoms with Gasteiger partial charge in [0.1, 0.15) is 0 Å². The molecule has 0 aromatic heterocycles. The lowest BCUT2D eigenvalue weighted by Gasteiger charge is -2.07. The molecule has 0 radical (unpaired) electrons. The van der Waals surface area contributed by atoms with E-state index in [1.165, 1.54) is 0 Å². The minimum absolute atomic E-state index is 0.648. The molecule has 2 aromatic carbocycles. The average Bonchev–Trinajstić information content (AvgIpc) is 2.52. The van der Waals surface area contributed by atoms with Crippen molar-refractivity contribution in [1.82, 2.24) is 0 Å². The monoisotopic (exact) mass is 268 g/mol. The highest BCUT2D eigenvalue weighted by molar-refractivity contribution is 5.87. The molecule has 2 heteroatoms. The third kappa shape index (κ3) is 3.78. The predicted octanol–water partition coefficient (Wildman–Crippen LogP) is 4.48. The van der Waals surface area contributed by atoms with E-state index >= 15 is 0 Å². The molecule has 0 bridgehead atoms. The maximum atomic E-state index is 11.1. The van der Waals surface area contributed by atoms with E-state index in [4.69, 9.17) is 4.74 Å². The van der Waals surface area contributed by atoms with Crippen molar-refractivity contribution < 1.29 is 9.53 Å². The molecule has 104 valence electrons. The number of ether oxygens (including phenoxy) is 1. The largest absolute Gasteiger partial charge is 0.377 e. The number of aldehydes is 1. The van der Waals surface area contributed by atoms with Crippen molar-refractivity contribution in [2.75, 3.05) is 6.61 Å². The summed E-state index contributed by atoms with van der Waals surface area (Å²) in [7, 11) is 0. The lowest BCUT2D eigenvalue weighted by atomic mass is 9.99. The minimum atomic E-state index is 0.648. The van der Waals surface area contributed by atoms with Crippen molar-refractivity contribution in [3.63, 3.8) is 0 Å². The smallest absolute Gasteiger partial charge is 0.150 e.